The lowest BCUT2D eigenvalue weighted by molar-refractivity contribution is -0.158. The standard InChI is InChI=1S/C20H27NO7S2/c1-19(2,3)28-16(23)14(21-17(24)20(4,5)29)11-30-18(25)27-12-26-15(22)13-9-7-6-8-10-13/h6-10,14,29H,11-12H2,1-5H3,(H,21,24)/t14-/m0/s1. The average Bonchev–Trinajstić information content (AvgIpc) is 2.63. The Morgan fingerprint density at radius 1 is 1.03 bits per heavy atom. The van der Waals surface area contributed by atoms with E-state index in [4.69, 9.17) is 14.2 Å². The molecule has 10 heteroatoms. The highest BCUT2D eigenvalue weighted by atomic mass is 32.2. The third kappa shape index (κ3) is 10.0. The van der Waals surface area contributed by atoms with E-state index in [2.05, 4.69) is 17.9 Å². The van der Waals surface area contributed by atoms with Gasteiger partial charge in [-0.3, -0.25) is 4.79 Å². The van der Waals surface area contributed by atoms with Gasteiger partial charge >= 0.3 is 17.2 Å². The molecule has 8 nitrogen and oxygen atoms in total. The number of ether oxygens (including phenoxy) is 3. The maximum atomic E-state index is 12.4. The Labute approximate surface area is 185 Å². The number of benzene rings is 1. The van der Waals surface area contributed by atoms with Crippen molar-refractivity contribution in [3.8, 4) is 0 Å². The summed E-state index contributed by atoms with van der Waals surface area (Å²) in [5.74, 6) is -1.95. The SMILES string of the molecule is CC(C)(C)OC(=O)[C@H](CSC(=O)OCOC(=O)c1ccccc1)NC(=O)C(C)(C)S. The molecule has 0 aromatic heterocycles. The highest BCUT2D eigenvalue weighted by molar-refractivity contribution is 8.13. The van der Waals surface area contributed by atoms with Crippen molar-refractivity contribution in [2.75, 3.05) is 12.5 Å². The zero-order valence-corrected chi connectivity index (χ0v) is 19.3. The minimum absolute atomic E-state index is 0.129. The van der Waals surface area contributed by atoms with Crippen LogP contribution in [0.25, 0.3) is 0 Å². The molecule has 1 rings (SSSR count). The van der Waals surface area contributed by atoms with E-state index in [0.717, 1.165) is 0 Å². The van der Waals surface area contributed by atoms with E-state index in [-0.39, 0.29) is 5.75 Å². The Hall–Kier alpha value is -2.20. The maximum absolute atomic E-state index is 12.4. The Bertz CT molecular complexity index is 755. The maximum Gasteiger partial charge on any atom is 0.370 e. The summed E-state index contributed by atoms with van der Waals surface area (Å²) in [4.78, 5) is 48.3. The molecule has 0 radical (unpaired) electrons. The summed E-state index contributed by atoms with van der Waals surface area (Å²) in [5, 5.41) is 1.75. The molecule has 0 saturated carbocycles. The first-order valence-corrected chi connectivity index (χ1v) is 10.5. The molecule has 0 aliphatic carbocycles. The molecular weight excluding hydrogens is 430 g/mol. The molecule has 0 bridgehead atoms. The van der Waals surface area contributed by atoms with Crippen LogP contribution in [0.5, 0.6) is 0 Å². The van der Waals surface area contributed by atoms with Crippen LogP contribution >= 0.6 is 24.4 Å². The lowest BCUT2D eigenvalue weighted by Crippen LogP contribution is -2.50. The van der Waals surface area contributed by atoms with Crippen LogP contribution in [-0.4, -0.2) is 52.1 Å². The molecule has 0 unspecified atom stereocenters. The normalized spacial score (nSPS) is 12.5. The first-order valence-electron chi connectivity index (χ1n) is 9.07. The molecule has 166 valence electrons. The van der Waals surface area contributed by atoms with Gasteiger partial charge in [0, 0.05) is 5.75 Å². The molecule has 0 aliphatic rings. The third-order valence-electron chi connectivity index (χ3n) is 3.30. The topological polar surface area (TPSA) is 108 Å². The molecule has 0 heterocycles. The van der Waals surface area contributed by atoms with Crippen LogP contribution in [0.4, 0.5) is 4.79 Å². The fraction of sp³-hybridized carbons (Fsp3) is 0.500. The number of carbonyl (C=O) groups excluding carboxylic acids is 4. The van der Waals surface area contributed by atoms with Gasteiger partial charge in [0.25, 0.3) is 0 Å². The number of esters is 2. The van der Waals surface area contributed by atoms with Crippen LogP contribution in [0, 0.1) is 0 Å². The molecule has 0 aliphatic heterocycles. The molecule has 1 N–H and O–H groups in total. The van der Waals surface area contributed by atoms with E-state index >= 15 is 0 Å². The van der Waals surface area contributed by atoms with Gasteiger partial charge in [0.05, 0.1) is 10.3 Å². The number of thiol groups is 1. The molecule has 0 fully saturated rings. The third-order valence-corrected chi connectivity index (χ3v) is 4.35. The van der Waals surface area contributed by atoms with Crippen molar-refractivity contribution in [1.29, 1.82) is 0 Å². The smallest absolute Gasteiger partial charge is 0.370 e. The zero-order valence-electron chi connectivity index (χ0n) is 17.6. The van der Waals surface area contributed by atoms with E-state index in [0.29, 0.717) is 17.3 Å². The first-order chi connectivity index (χ1) is 13.8. The van der Waals surface area contributed by atoms with Crippen LogP contribution in [0.1, 0.15) is 45.0 Å². The van der Waals surface area contributed by atoms with Crippen molar-refractivity contribution in [3.63, 3.8) is 0 Å². The fourth-order valence-corrected chi connectivity index (χ4v) is 2.58. The summed E-state index contributed by atoms with van der Waals surface area (Å²) in [6.07, 6.45) is 0. The molecule has 1 aromatic carbocycles. The van der Waals surface area contributed by atoms with Gasteiger partial charge in [0.2, 0.25) is 12.7 Å². The van der Waals surface area contributed by atoms with Crippen molar-refractivity contribution in [2.24, 2.45) is 0 Å². The number of hydrogen-bond acceptors (Lipinski definition) is 9. The van der Waals surface area contributed by atoms with Gasteiger partial charge in [-0.25, -0.2) is 14.4 Å². The Kier molecular flexibility index (Phi) is 9.70. The van der Waals surface area contributed by atoms with Crippen LogP contribution in [-0.2, 0) is 23.8 Å². The van der Waals surface area contributed by atoms with E-state index in [1.165, 1.54) is 0 Å². The van der Waals surface area contributed by atoms with Crippen molar-refractivity contribution in [2.45, 2.75) is 51.0 Å². The van der Waals surface area contributed by atoms with Crippen molar-refractivity contribution >= 4 is 47.5 Å². The van der Waals surface area contributed by atoms with Crippen molar-refractivity contribution in [3.05, 3.63) is 35.9 Å². The van der Waals surface area contributed by atoms with Crippen LogP contribution in [0.2, 0.25) is 0 Å². The predicted molar refractivity (Wildman–Crippen MR) is 117 cm³/mol. The largest absolute Gasteiger partial charge is 0.458 e. The Balaban J connectivity index is 2.57. The average molecular weight is 458 g/mol. The lowest BCUT2D eigenvalue weighted by Gasteiger charge is -2.26. The second-order valence-corrected chi connectivity index (χ2v) is 9.81. The minimum atomic E-state index is -1.09. The van der Waals surface area contributed by atoms with Gasteiger partial charge in [0.15, 0.2) is 0 Å². The van der Waals surface area contributed by atoms with E-state index in [1.54, 1.807) is 65.0 Å². The number of hydrogen-bond donors (Lipinski definition) is 2. The van der Waals surface area contributed by atoms with Crippen molar-refractivity contribution in [1.82, 2.24) is 5.32 Å². The molecule has 0 saturated heterocycles. The number of nitrogens with one attached hydrogen (secondary N) is 1. The summed E-state index contributed by atoms with van der Waals surface area (Å²) >= 11 is 4.82. The van der Waals surface area contributed by atoms with Gasteiger partial charge in [-0.2, -0.15) is 12.6 Å². The summed E-state index contributed by atoms with van der Waals surface area (Å²) in [6, 6.07) is 7.15. The van der Waals surface area contributed by atoms with E-state index < -0.39 is 46.3 Å². The number of rotatable bonds is 8. The van der Waals surface area contributed by atoms with Gasteiger partial charge in [-0.1, -0.05) is 18.2 Å². The van der Waals surface area contributed by atoms with Crippen LogP contribution < -0.4 is 5.32 Å². The van der Waals surface area contributed by atoms with Gasteiger partial charge < -0.3 is 19.5 Å². The molecule has 1 atom stereocenters. The highest BCUT2D eigenvalue weighted by Gasteiger charge is 2.32. The monoisotopic (exact) mass is 457 g/mol. The highest BCUT2D eigenvalue weighted by Crippen LogP contribution is 2.16. The number of thioether (sulfide) groups is 1. The quantitative estimate of drug-likeness (QED) is 0.348. The summed E-state index contributed by atoms with van der Waals surface area (Å²) in [5.41, 5.74) is -0.448. The second kappa shape index (κ2) is 11.3. The number of amides is 1. The molecule has 1 aromatic rings. The summed E-state index contributed by atoms with van der Waals surface area (Å²) < 4.78 is 14.0. The van der Waals surface area contributed by atoms with Crippen LogP contribution in [0.3, 0.4) is 0 Å². The predicted octanol–water partition coefficient (Wildman–Crippen LogP) is 3.21. The van der Waals surface area contributed by atoms with Gasteiger partial charge in [-0.15, -0.1) is 0 Å². The van der Waals surface area contributed by atoms with Gasteiger partial charge in [-0.05, 0) is 58.5 Å². The van der Waals surface area contributed by atoms with Crippen LogP contribution in [0.15, 0.2) is 30.3 Å². The Morgan fingerprint density at radius 3 is 2.17 bits per heavy atom. The fourth-order valence-electron chi connectivity index (χ4n) is 1.86. The van der Waals surface area contributed by atoms with E-state index in [9.17, 15) is 19.2 Å². The Morgan fingerprint density at radius 2 is 1.63 bits per heavy atom. The zero-order chi connectivity index (χ0) is 22.9. The molecule has 1 amide bonds. The minimum Gasteiger partial charge on any atom is -0.458 e. The second-order valence-electron chi connectivity index (χ2n) is 7.74. The summed E-state index contributed by atoms with van der Waals surface area (Å²) in [7, 11) is 0. The van der Waals surface area contributed by atoms with E-state index in [1.807, 2.05) is 0 Å². The summed E-state index contributed by atoms with van der Waals surface area (Å²) in [6.45, 7) is 7.63. The molecule has 30 heavy (non-hydrogen) atoms. The first kappa shape index (κ1) is 25.8. The number of carbonyl (C=O) groups is 4. The molecule has 0 spiro atoms. The lowest BCUT2D eigenvalue weighted by atomic mass is 10.1. The molecular formula is C20H27NO7S2. The van der Waals surface area contributed by atoms with Crippen molar-refractivity contribution < 1.29 is 33.4 Å². The van der Waals surface area contributed by atoms with Gasteiger partial charge in [0.1, 0.15) is 11.6 Å².